The molecule has 0 saturated heterocycles. The number of carbonyl (C=O) groups is 1. The van der Waals surface area contributed by atoms with Crippen LogP contribution >= 0.6 is 0 Å². The molecule has 0 spiro atoms. The van der Waals surface area contributed by atoms with Crippen LogP contribution in [-0.4, -0.2) is 17.6 Å². The Hall–Kier alpha value is -3.13. The maximum Gasteiger partial charge on any atom is 0.337 e. The molecular weight excluding hydrogens is 283 g/mol. The molecule has 0 aliphatic rings. The zero-order chi connectivity index (χ0) is 15.7. The minimum atomic E-state index is -0.520. The number of fused-ring (bicyclic) bond motifs is 1. The van der Waals surface area contributed by atoms with Crippen molar-refractivity contribution in [1.29, 1.82) is 0 Å². The molecule has 0 bridgehead atoms. The standard InChI is InChI=1S/C17H11FN2O2/c1-19-13-4-6-15-11(9-13)7-8-20(15)16-10-12(17(21)22-2)3-5-14(16)18/h3-10H,2H3. The maximum absolute atomic E-state index is 14.2. The van der Waals surface area contributed by atoms with Gasteiger partial charge in [-0.1, -0.05) is 6.07 Å². The van der Waals surface area contributed by atoms with E-state index in [1.807, 2.05) is 0 Å². The summed E-state index contributed by atoms with van der Waals surface area (Å²) >= 11 is 0. The minimum Gasteiger partial charge on any atom is -0.465 e. The summed E-state index contributed by atoms with van der Waals surface area (Å²) in [6.07, 6.45) is 1.71. The molecule has 0 atom stereocenters. The molecule has 0 saturated carbocycles. The van der Waals surface area contributed by atoms with Crippen LogP contribution < -0.4 is 0 Å². The Labute approximate surface area is 126 Å². The Morgan fingerprint density at radius 3 is 2.77 bits per heavy atom. The van der Waals surface area contributed by atoms with E-state index < -0.39 is 11.8 Å². The topological polar surface area (TPSA) is 35.6 Å². The summed E-state index contributed by atoms with van der Waals surface area (Å²) in [5.41, 5.74) is 1.81. The van der Waals surface area contributed by atoms with E-state index in [2.05, 4.69) is 9.58 Å². The van der Waals surface area contributed by atoms with Gasteiger partial charge in [-0.05, 0) is 41.8 Å². The van der Waals surface area contributed by atoms with Crippen molar-refractivity contribution in [3.8, 4) is 5.69 Å². The molecule has 2 aromatic carbocycles. The second-order valence-electron chi connectivity index (χ2n) is 4.70. The summed E-state index contributed by atoms with van der Waals surface area (Å²) in [5.74, 6) is -0.965. The highest BCUT2D eigenvalue weighted by Crippen LogP contribution is 2.26. The lowest BCUT2D eigenvalue weighted by Crippen LogP contribution is -2.04. The number of rotatable bonds is 2. The van der Waals surface area contributed by atoms with Crippen LogP contribution in [0.4, 0.5) is 10.1 Å². The summed E-state index contributed by atoms with van der Waals surface area (Å²) in [4.78, 5) is 15.0. The molecular formula is C17H11FN2O2. The highest BCUT2D eigenvalue weighted by atomic mass is 19.1. The van der Waals surface area contributed by atoms with Gasteiger partial charge in [-0.15, -0.1) is 0 Å². The predicted molar refractivity (Wildman–Crippen MR) is 80.8 cm³/mol. The number of aromatic nitrogens is 1. The molecule has 0 aliphatic carbocycles. The zero-order valence-electron chi connectivity index (χ0n) is 11.7. The third-order valence-electron chi connectivity index (χ3n) is 3.43. The zero-order valence-corrected chi connectivity index (χ0v) is 11.7. The van der Waals surface area contributed by atoms with Crippen molar-refractivity contribution in [2.45, 2.75) is 0 Å². The monoisotopic (exact) mass is 294 g/mol. The van der Waals surface area contributed by atoms with Crippen molar-refractivity contribution >= 4 is 22.6 Å². The van der Waals surface area contributed by atoms with E-state index in [9.17, 15) is 9.18 Å². The van der Waals surface area contributed by atoms with E-state index in [1.165, 1.54) is 25.3 Å². The third kappa shape index (κ3) is 2.21. The minimum absolute atomic E-state index is 0.258. The van der Waals surface area contributed by atoms with Crippen molar-refractivity contribution < 1.29 is 13.9 Å². The molecule has 5 heteroatoms. The number of nitrogens with zero attached hydrogens (tertiary/aromatic N) is 2. The molecule has 3 rings (SSSR count). The Balaban J connectivity index is 2.19. The average molecular weight is 294 g/mol. The Morgan fingerprint density at radius 1 is 1.23 bits per heavy atom. The van der Waals surface area contributed by atoms with Crippen LogP contribution in [0.1, 0.15) is 10.4 Å². The fourth-order valence-corrected chi connectivity index (χ4v) is 2.35. The summed E-state index contributed by atoms with van der Waals surface area (Å²) in [6.45, 7) is 7.03. The molecule has 4 nitrogen and oxygen atoms in total. The van der Waals surface area contributed by atoms with Crippen molar-refractivity contribution in [3.63, 3.8) is 0 Å². The van der Waals surface area contributed by atoms with Crippen LogP contribution in [0.2, 0.25) is 0 Å². The lowest BCUT2D eigenvalue weighted by Gasteiger charge is -2.09. The molecule has 108 valence electrons. The van der Waals surface area contributed by atoms with Gasteiger partial charge in [0.1, 0.15) is 5.82 Å². The largest absolute Gasteiger partial charge is 0.465 e. The molecule has 0 N–H and O–H groups in total. The second-order valence-corrected chi connectivity index (χ2v) is 4.70. The lowest BCUT2D eigenvalue weighted by molar-refractivity contribution is 0.0600. The first-order valence-corrected chi connectivity index (χ1v) is 6.51. The number of esters is 1. The van der Waals surface area contributed by atoms with Crippen LogP contribution in [0.3, 0.4) is 0 Å². The number of methoxy groups -OCH3 is 1. The molecule has 3 aromatic rings. The first kappa shape index (κ1) is 13.8. The van der Waals surface area contributed by atoms with Gasteiger partial charge >= 0.3 is 5.97 Å². The molecule has 0 amide bonds. The van der Waals surface area contributed by atoms with Gasteiger partial charge in [0.15, 0.2) is 5.69 Å². The summed E-state index contributed by atoms with van der Waals surface area (Å²) < 4.78 is 20.5. The van der Waals surface area contributed by atoms with Gasteiger partial charge in [-0.25, -0.2) is 14.0 Å². The normalized spacial score (nSPS) is 10.4. The molecule has 0 aliphatic heterocycles. The molecule has 1 heterocycles. The smallest absolute Gasteiger partial charge is 0.337 e. The summed E-state index contributed by atoms with van der Waals surface area (Å²) in [5, 5.41) is 0.830. The van der Waals surface area contributed by atoms with Gasteiger partial charge in [0.2, 0.25) is 0 Å². The first-order valence-electron chi connectivity index (χ1n) is 6.51. The lowest BCUT2D eigenvalue weighted by atomic mass is 10.2. The van der Waals surface area contributed by atoms with E-state index >= 15 is 0 Å². The van der Waals surface area contributed by atoms with E-state index in [0.29, 0.717) is 5.69 Å². The third-order valence-corrected chi connectivity index (χ3v) is 3.43. The SMILES string of the molecule is [C-]#[N+]c1ccc2c(ccn2-c2cc(C(=O)OC)ccc2F)c1. The molecule has 22 heavy (non-hydrogen) atoms. The number of hydrogen-bond acceptors (Lipinski definition) is 2. The van der Waals surface area contributed by atoms with Crippen LogP contribution in [0.15, 0.2) is 48.7 Å². The number of hydrogen-bond donors (Lipinski definition) is 0. The Bertz CT molecular complexity index is 922. The quantitative estimate of drug-likeness (QED) is 0.527. The summed E-state index contributed by atoms with van der Waals surface area (Å²) in [6, 6.07) is 11.0. The van der Waals surface area contributed by atoms with Crippen molar-refractivity contribution in [2.24, 2.45) is 0 Å². The van der Waals surface area contributed by atoms with Crippen LogP contribution in [0, 0.1) is 12.4 Å². The van der Waals surface area contributed by atoms with Gasteiger partial charge in [0.05, 0.1) is 30.4 Å². The van der Waals surface area contributed by atoms with Gasteiger partial charge < -0.3 is 9.30 Å². The molecule has 0 fully saturated rings. The highest BCUT2D eigenvalue weighted by molar-refractivity contribution is 5.90. The number of halogens is 1. The van der Waals surface area contributed by atoms with Crippen LogP contribution in [0.25, 0.3) is 21.4 Å². The van der Waals surface area contributed by atoms with Gasteiger partial charge in [-0.2, -0.15) is 0 Å². The van der Waals surface area contributed by atoms with Gasteiger partial charge in [-0.3, -0.25) is 0 Å². The van der Waals surface area contributed by atoms with E-state index in [1.54, 1.807) is 35.0 Å². The Morgan fingerprint density at radius 2 is 2.05 bits per heavy atom. The number of carbonyl (C=O) groups excluding carboxylic acids is 1. The van der Waals surface area contributed by atoms with Crippen molar-refractivity contribution in [2.75, 3.05) is 7.11 Å². The van der Waals surface area contributed by atoms with E-state index in [-0.39, 0.29) is 11.3 Å². The predicted octanol–water partition coefficient (Wildman–Crippen LogP) is 4.11. The average Bonchev–Trinajstić information content (AvgIpc) is 2.97. The maximum atomic E-state index is 14.2. The van der Waals surface area contributed by atoms with Gasteiger partial charge in [0, 0.05) is 6.20 Å². The Kier molecular flexibility index (Phi) is 3.36. The fraction of sp³-hybridized carbons (Fsp3) is 0.0588. The number of ether oxygens (including phenoxy) is 1. The van der Waals surface area contributed by atoms with E-state index in [4.69, 9.17) is 6.57 Å². The molecule has 0 unspecified atom stereocenters. The number of benzene rings is 2. The highest BCUT2D eigenvalue weighted by Gasteiger charge is 2.13. The van der Waals surface area contributed by atoms with Crippen molar-refractivity contribution in [1.82, 2.24) is 4.57 Å². The summed E-state index contributed by atoms with van der Waals surface area (Å²) in [7, 11) is 1.28. The second kappa shape index (κ2) is 5.34. The fourth-order valence-electron chi connectivity index (χ4n) is 2.35. The van der Waals surface area contributed by atoms with Crippen molar-refractivity contribution in [3.05, 3.63) is 71.5 Å². The molecule has 1 aromatic heterocycles. The first-order chi connectivity index (χ1) is 10.6. The van der Waals surface area contributed by atoms with Crippen LogP contribution in [0.5, 0.6) is 0 Å². The van der Waals surface area contributed by atoms with E-state index in [0.717, 1.165) is 10.9 Å². The molecule has 0 radical (unpaired) electrons. The van der Waals surface area contributed by atoms with Crippen LogP contribution in [-0.2, 0) is 4.74 Å². The van der Waals surface area contributed by atoms with Gasteiger partial charge in [0.25, 0.3) is 0 Å².